The van der Waals surface area contributed by atoms with E-state index in [-0.39, 0.29) is 17.6 Å². The first-order valence-corrected chi connectivity index (χ1v) is 7.35. The molecule has 0 aliphatic heterocycles. The molecule has 0 saturated heterocycles. The van der Waals surface area contributed by atoms with Crippen molar-refractivity contribution in [2.45, 2.75) is 65.1 Å². The average molecular weight is 262 g/mol. The van der Waals surface area contributed by atoms with Crippen LogP contribution in [0.15, 0.2) is 24.3 Å². The molecule has 2 nitrogen and oxygen atoms in total. The summed E-state index contributed by atoms with van der Waals surface area (Å²) in [5.74, 6) is 1.36. The molecule has 2 rings (SSSR count). The minimum Gasteiger partial charge on any atom is -0.487 e. The molecule has 19 heavy (non-hydrogen) atoms. The molecule has 1 aromatic carbocycles. The van der Waals surface area contributed by atoms with Gasteiger partial charge in [-0.25, -0.2) is 0 Å². The Hall–Kier alpha value is -1.02. The van der Waals surface area contributed by atoms with Crippen LogP contribution in [0.1, 0.15) is 58.4 Å². The maximum atomic E-state index is 10.5. The quantitative estimate of drug-likeness (QED) is 0.887. The highest BCUT2D eigenvalue weighted by Gasteiger charge is 2.39. The second-order valence-corrected chi connectivity index (χ2v) is 6.67. The van der Waals surface area contributed by atoms with E-state index >= 15 is 0 Å². The van der Waals surface area contributed by atoms with Gasteiger partial charge in [0, 0.05) is 0 Å². The Morgan fingerprint density at radius 1 is 1.26 bits per heavy atom. The number of hydrogen-bond donors (Lipinski definition) is 1. The largest absolute Gasteiger partial charge is 0.487 e. The zero-order valence-corrected chi connectivity index (χ0v) is 12.5. The van der Waals surface area contributed by atoms with Gasteiger partial charge in [0.1, 0.15) is 11.9 Å². The van der Waals surface area contributed by atoms with Crippen molar-refractivity contribution in [3.8, 4) is 5.75 Å². The maximum Gasteiger partial charge on any atom is 0.125 e. The van der Waals surface area contributed by atoms with E-state index in [4.69, 9.17) is 4.74 Å². The van der Waals surface area contributed by atoms with Gasteiger partial charge in [-0.2, -0.15) is 0 Å². The van der Waals surface area contributed by atoms with Gasteiger partial charge in [-0.05, 0) is 42.2 Å². The van der Waals surface area contributed by atoms with Crippen molar-refractivity contribution in [3.63, 3.8) is 0 Å². The molecule has 0 spiro atoms. The molecule has 1 fully saturated rings. The Morgan fingerprint density at radius 3 is 2.63 bits per heavy atom. The standard InChI is InChI=1S/C17H26O2/c1-12(2)13-8-5-6-9-14(13)19-15-10-7-11-17(3,4)16(15)18/h5-6,8-9,12,15-16,18H,7,10-11H2,1-4H3. The Bertz CT molecular complexity index is 423. The van der Waals surface area contributed by atoms with Crippen LogP contribution >= 0.6 is 0 Å². The van der Waals surface area contributed by atoms with Gasteiger partial charge in [-0.15, -0.1) is 0 Å². The Balaban J connectivity index is 2.17. The number of benzene rings is 1. The van der Waals surface area contributed by atoms with Crippen molar-refractivity contribution >= 4 is 0 Å². The van der Waals surface area contributed by atoms with Crippen molar-refractivity contribution in [2.75, 3.05) is 0 Å². The van der Waals surface area contributed by atoms with E-state index in [1.54, 1.807) is 0 Å². The minimum atomic E-state index is -0.388. The fourth-order valence-corrected chi connectivity index (χ4v) is 2.92. The summed E-state index contributed by atoms with van der Waals surface area (Å²) in [4.78, 5) is 0. The molecule has 1 N–H and O–H groups in total. The van der Waals surface area contributed by atoms with Gasteiger partial charge >= 0.3 is 0 Å². The average Bonchev–Trinajstić information content (AvgIpc) is 2.35. The monoisotopic (exact) mass is 262 g/mol. The predicted molar refractivity (Wildman–Crippen MR) is 78.6 cm³/mol. The highest BCUT2D eigenvalue weighted by Crippen LogP contribution is 2.38. The minimum absolute atomic E-state index is 0.0459. The Morgan fingerprint density at radius 2 is 1.95 bits per heavy atom. The summed E-state index contributed by atoms with van der Waals surface area (Å²) in [5.41, 5.74) is 1.17. The zero-order chi connectivity index (χ0) is 14.0. The van der Waals surface area contributed by atoms with E-state index in [0.29, 0.717) is 5.92 Å². The van der Waals surface area contributed by atoms with Crippen LogP contribution in [-0.4, -0.2) is 17.3 Å². The number of rotatable bonds is 3. The lowest BCUT2D eigenvalue weighted by Crippen LogP contribution is -2.46. The predicted octanol–water partition coefficient (Wildman–Crippen LogP) is 4.13. The van der Waals surface area contributed by atoms with Crippen molar-refractivity contribution in [1.82, 2.24) is 0 Å². The summed E-state index contributed by atoms with van der Waals surface area (Å²) in [6.45, 7) is 8.59. The SMILES string of the molecule is CC(C)c1ccccc1OC1CCCC(C)(C)C1O. The van der Waals surface area contributed by atoms with Crippen LogP contribution in [-0.2, 0) is 0 Å². The van der Waals surface area contributed by atoms with Crippen molar-refractivity contribution in [3.05, 3.63) is 29.8 Å². The van der Waals surface area contributed by atoms with Gasteiger partial charge in [-0.1, -0.05) is 45.9 Å². The van der Waals surface area contributed by atoms with Gasteiger partial charge in [0.05, 0.1) is 6.10 Å². The van der Waals surface area contributed by atoms with Gasteiger partial charge in [0.15, 0.2) is 0 Å². The first-order chi connectivity index (χ1) is 8.92. The Kier molecular flexibility index (Phi) is 4.19. The van der Waals surface area contributed by atoms with Gasteiger partial charge in [-0.3, -0.25) is 0 Å². The zero-order valence-electron chi connectivity index (χ0n) is 12.5. The molecule has 106 valence electrons. The maximum absolute atomic E-state index is 10.5. The van der Waals surface area contributed by atoms with Crippen LogP contribution in [0.4, 0.5) is 0 Å². The van der Waals surface area contributed by atoms with E-state index in [9.17, 15) is 5.11 Å². The lowest BCUT2D eigenvalue weighted by atomic mass is 9.73. The summed E-state index contributed by atoms with van der Waals surface area (Å²) in [6, 6.07) is 8.18. The first-order valence-electron chi connectivity index (χ1n) is 7.35. The van der Waals surface area contributed by atoms with Crippen LogP contribution in [0.3, 0.4) is 0 Å². The lowest BCUT2D eigenvalue weighted by molar-refractivity contribution is -0.0692. The third-order valence-corrected chi connectivity index (χ3v) is 4.28. The molecule has 0 radical (unpaired) electrons. The molecular weight excluding hydrogens is 236 g/mol. The third kappa shape index (κ3) is 3.11. The summed E-state index contributed by atoms with van der Waals surface area (Å²) >= 11 is 0. The number of para-hydroxylation sites is 1. The molecule has 2 heteroatoms. The molecule has 0 amide bonds. The normalized spacial score (nSPS) is 26.4. The fourth-order valence-electron chi connectivity index (χ4n) is 2.92. The van der Waals surface area contributed by atoms with Crippen molar-refractivity contribution in [1.29, 1.82) is 0 Å². The van der Waals surface area contributed by atoms with Crippen molar-refractivity contribution < 1.29 is 9.84 Å². The molecule has 0 heterocycles. The molecule has 2 atom stereocenters. The third-order valence-electron chi connectivity index (χ3n) is 4.28. The van der Waals surface area contributed by atoms with Crippen LogP contribution in [0, 0.1) is 5.41 Å². The lowest BCUT2D eigenvalue weighted by Gasteiger charge is -2.40. The topological polar surface area (TPSA) is 29.5 Å². The van der Waals surface area contributed by atoms with Crippen molar-refractivity contribution in [2.24, 2.45) is 5.41 Å². The summed E-state index contributed by atoms with van der Waals surface area (Å²) in [5, 5.41) is 10.5. The van der Waals surface area contributed by atoms with Crippen LogP contribution in [0.2, 0.25) is 0 Å². The number of hydrogen-bond acceptors (Lipinski definition) is 2. The van der Waals surface area contributed by atoms with Gasteiger partial charge < -0.3 is 9.84 Å². The Labute approximate surface area is 116 Å². The second kappa shape index (κ2) is 5.54. The molecule has 1 aliphatic rings. The van der Waals surface area contributed by atoms with Crippen LogP contribution in [0.25, 0.3) is 0 Å². The first kappa shape index (κ1) is 14.4. The smallest absolute Gasteiger partial charge is 0.125 e. The van der Waals surface area contributed by atoms with Gasteiger partial charge in [0.2, 0.25) is 0 Å². The summed E-state index contributed by atoms with van der Waals surface area (Å²) < 4.78 is 6.15. The molecule has 0 bridgehead atoms. The summed E-state index contributed by atoms with van der Waals surface area (Å²) in [6.07, 6.45) is 2.67. The van der Waals surface area contributed by atoms with Crippen LogP contribution in [0.5, 0.6) is 5.75 Å². The molecule has 0 aromatic heterocycles. The van der Waals surface area contributed by atoms with Gasteiger partial charge in [0.25, 0.3) is 0 Å². The van der Waals surface area contributed by atoms with E-state index in [2.05, 4.69) is 33.8 Å². The van der Waals surface area contributed by atoms with E-state index in [1.807, 2.05) is 18.2 Å². The molecule has 1 aliphatic carbocycles. The molecule has 1 saturated carbocycles. The summed E-state index contributed by atoms with van der Waals surface area (Å²) in [7, 11) is 0. The highest BCUT2D eigenvalue weighted by atomic mass is 16.5. The number of aliphatic hydroxyl groups is 1. The van der Waals surface area contributed by atoms with E-state index < -0.39 is 0 Å². The molecule has 1 aromatic rings. The second-order valence-electron chi connectivity index (χ2n) is 6.67. The van der Waals surface area contributed by atoms with Crippen LogP contribution < -0.4 is 4.74 Å². The number of aliphatic hydroxyl groups excluding tert-OH is 1. The fraction of sp³-hybridized carbons (Fsp3) is 0.647. The highest BCUT2D eigenvalue weighted by molar-refractivity contribution is 5.35. The molecule has 2 unspecified atom stereocenters. The number of ether oxygens (including phenoxy) is 1. The van der Waals surface area contributed by atoms with E-state index in [1.165, 1.54) is 5.56 Å². The molecular formula is C17H26O2. The van der Waals surface area contributed by atoms with E-state index in [0.717, 1.165) is 25.0 Å².